The first-order chi connectivity index (χ1) is 8.02. The molecule has 2 amide bonds. The van der Waals surface area contributed by atoms with Crippen molar-refractivity contribution in [3.05, 3.63) is 0 Å². The Hall–Kier alpha value is -1.43. The number of ether oxygens (including phenoxy) is 1. The highest BCUT2D eigenvalue weighted by Gasteiger charge is 2.63. The van der Waals surface area contributed by atoms with E-state index in [1.807, 2.05) is 0 Å². The lowest BCUT2D eigenvalue weighted by Gasteiger charge is -2.21. The van der Waals surface area contributed by atoms with Crippen LogP contribution in [0.4, 0.5) is 0 Å². The first kappa shape index (κ1) is 10.7. The van der Waals surface area contributed by atoms with E-state index < -0.39 is 23.8 Å². The Morgan fingerprint density at radius 1 is 1.29 bits per heavy atom. The number of amides is 2. The van der Waals surface area contributed by atoms with Crippen molar-refractivity contribution in [2.24, 2.45) is 11.8 Å². The number of hydrogen-bond donors (Lipinski definition) is 1. The molecule has 6 heteroatoms. The maximum atomic E-state index is 12.1. The molecule has 0 aromatic rings. The van der Waals surface area contributed by atoms with E-state index in [9.17, 15) is 14.4 Å². The highest BCUT2D eigenvalue weighted by Crippen LogP contribution is 2.48. The first-order valence-corrected chi connectivity index (χ1v) is 5.77. The second-order valence-corrected chi connectivity index (χ2v) is 4.90. The Morgan fingerprint density at radius 3 is 2.18 bits per heavy atom. The number of likely N-dealkylation sites (tertiary alicyclic amines) is 1. The van der Waals surface area contributed by atoms with Gasteiger partial charge in [-0.2, -0.15) is 0 Å². The van der Waals surface area contributed by atoms with Gasteiger partial charge in [0.2, 0.25) is 11.8 Å². The monoisotopic (exact) mass is 239 g/mol. The number of rotatable bonds is 2. The van der Waals surface area contributed by atoms with E-state index in [-0.39, 0.29) is 24.0 Å². The van der Waals surface area contributed by atoms with Crippen LogP contribution < -0.4 is 0 Å². The van der Waals surface area contributed by atoms with Crippen LogP contribution in [0.1, 0.15) is 19.8 Å². The number of fused-ring (bicyclic) bond motifs is 5. The fraction of sp³-hybridized carbons (Fsp3) is 0.727. The zero-order valence-electron chi connectivity index (χ0n) is 9.33. The predicted octanol–water partition coefficient (Wildman–Crippen LogP) is -0.378. The van der Waals surface area contributed by atoms with Crippen molar-refractivity contribution in [3.63, 3.8) is 0 Å². The summed E-state index contributed by atoms with van der Waals surface area (Å²) in [7, 11) is 0. The molecular formula is C11H13NO5. The molecule has 0 aliphatic carbocycles. The first-order valence-electron chi connectivity index (χ1n) is 5.77. The van der Waals surface area contributed by atoms with Crippen molar-refractivity contribution in [2.75, 3.05) is 0 Å². The van der Waals surface area contributed by atoms with Gasteiger partial charge in [0, 0.05) is 0 Å². The number of imide groups is 1. The number of carbonyl (C=O) groups excluding carboxylic acids is 2. The maximum absolute atomic E-state index is 12.1. The second kappa shape index (κ2) is 3.29. The van der Waals surface area contributed by atoms with Crippen LogP contribution in [0.3, 0.4) is 0 Å². The molecule has 0 aromatic carbocycles. The lowest BCUT2D eigenvalue weighted by molar-refractivity contribution is -0.155. The second-order valence-electron chi connectivity index (χ2n) is 4.90. The summed E-state index contributed by atoms with van der Waals surface area (Å²) in [5, 5.41) is 8.91. The van der Waals surface area contributed by atoms with Crippen molar-refractivity contribution in [1.82, 2.24) is 4.90 Å². The summed E-state index contributed by atoms with van der Waals surface area (Å²) in [6, 6.07) is -1.08. The van der Waals surface area contributed by atoms with Gasteiger partial charge >= 0.3 is 5.97 Å². The third-order valence-corrected chi connectivity index (χ3v) is 4.06. The van der Waals surface area contributed by atoms with E-state index in [0.29, 0.717) is 0 Å². The Balaban J connectivity index is 1.93. The summed E-state index contributed by atoms with van der Waals surface area (Å²) in [5.74, 6) is -2.78. The number of hydrogen-bond acceptors (Lipinski definition) is 4. The van der Waals surface area contributed by atoms with Gasteiger partial charge in [0.1, 0.15) is 6.04 Å². The van der Waals surface area contributed by atoms with E-state index >= 15 is 0 Å². The molecule has 0 radical (unpaired) electrons. The lowest BCUT2D eigenvalue weighted by Crippen LogP contribution is -2.45. The van der Waals surface area contributed by atoms with Gasteiger partial charge in [0.05, 0.1) is 24.0 Å². The SMILES string of the molecule is C[C@H](C(=O)O)N1C(=O)[C@@H]2[C@H](C1=O)[C@@H]1CC[C@@H]2O1. The van der Waals surface area contributed by atoms with Gasteiger partial charge in [-0.1, -0.05) is 0 Å². The molecule has 3 aliphatic heterocycles. The third-order valence-electron chi connectivity index (χ3n) is 4.06. The fourth-order valence-electron chi connectivity index (χ4n) is 3.23. The normalized spacial score (nSPS) is 40.9. The van der Waals surface area contributed by atoms with Crippen LogP contribution in [-0.2, 0) is 19.1 Å². The Bertz CT molecular complexity index is 392. The standard InChI is InChI=1S/C11H13NO5/c1-4(11(15)16)12-9(13)7-5-2-3-6(17-5)8(7)10(12)14/h4-8H,2-3H2,1H3,(H,15,16)/t4-,5+,6+,7-,8+/m1/s1. The van der Waals surface area contributed by atoms with Gasteiger partial charge in [0.15, 0.2) is 0 Å². The lowest BCUT2D eigenvalue weighted by atomic mass is 9.81. The minimum atomic E-state index is -1.15. The van der Waals surface area contributed by atoms with Crippen LogP contribution in [0.25, 0.3) is 0 Å². The van der Waals surface area contributed by atoms with Crippen molar-refractivity contribution in [1.29, 1.82) is 0 Å². The largest absolute Gasteiger partial charge is 0.480 e. The molecule has 3 saturated heterocycles. The van der Waals surface area contributed by atoms with Crippen LogP contribution in [0, 0.1) is 11.8 Å². The van der Waals surface area contributed by atoms with E-state index in [0.717, 1.165) is 17.7 Å². The van der Waals surface area contributed by atoms with Crippen LogP contribution in [-0.4, -0.2) is 46.0 Å². The summed E-state index contributed by atoms with van der Waals surface area (Å²) >= 11 is 0. The molecule has 6 nitrogen and oxygen atoms in total. The van der Waals surface area contributed by atoms with Gasteiger partial charge in [-0.3, -0.25) is 14.5 Å². The van der Waals surface area contributed by atoms with Crippen molar-refractivity contribution in [2.45, 2.75) is 38.0 Å². The zero-order chi connectivity index (χ0) is 12.3. The number of carboxylic acids is 1. The van der Waals surface area contributed by atoms with Crippen LogP contribution >= 0.6 is 0 Å². The number of carboxylic acid groups (broad SMARTS) is 1. The fourth-order valence-corrected chi connectivity index (χ4v) is 3.23. The van der Waals surface area contributed by atoms with E-state index in [2.05, 4.69) is 0 Å². The predicted molar refractivity (Wildman–Crippen MR) is 53.8 cm³/mol. The molecule has 0 aromatic heterocycles. The average molecular weight is 239 g/mol. The molecular weight excluding hydrogens is 226 g/mol. The molecule has 3 heterocycles. The zero-order valence-corrected chi connectivity index (χ0v) is 9.33. The summed E-state index contributed by atoms with van der Waals surface area (Å²) in [4.78, 5) is 36.0. The minimum absolute atomic E-state index is 0.188. The van der Waals surface area contributed by atoms with Crippen molar-refractivity contribution < 1.29 is 24.2 Å². The molecule has 0 spiro atoms. The van der Waals surface area contributed by atoms with E-state index in [4.69, 9.17) is 9.84 Å². The van der Waals surface area contributed by atoms with Gasteiger partial charge < -0.3 is 9.84 Å². The highest BCUT2D eigenvalue weighted by atomic mass is 16.5. The number of nitrogens with zero attached hydrogens (tertiary/aromatic N) is 1. The van der Waals surface area contributed by atoms with E-state index in [1.165, 1.54) is 6.92 Å². The van der Waals surface area contributed by atoms with Crippen LogP contribution in [0.5, 0.6) is 0 Å². The Labute approximate surface area is 97.5 Å². The molecule has 3 rings (SSSR count). The number of carbonyl (C=O) groups is 3. The highest BCUT2D eigenvalue weighted by molar-refractivity contribution is 6.08. The quantitative estimate of drug-likeness (QED) is 0.664. The molecule has 92 valence electrons. The number of aliphatic carboxylic acids is 1. The summed E-state index contributed by atoms with van der Waals surface area (Å²) < 4.78 is 5.55. The van der Waals surface area contributed by atoms with Gasteiger partial charge in [-0.05, 0) is 19.8 Å². The summed E-state index contributed by atoms with van der Waals surface area (Å²) in [6.07, 6.45) is 1.21. The maximum Gasteiger partial charge on any atom is 0.326 e. The van der Waals surface area contributed by atoms with Crippen LogP contribution in [0.2, 0.25) is 0 Å². The molecule has 3 aliphatic rings. The Kier molecular flexibility index (Phi) is 2.07. The molecule has 3 fully saturated rings. The van der Waals surface area contributed by atoms with Crippen molar-refractivity contribution in [3.8, 4) is 0 Å². The third kappa shape index (κ3) is 1.21. The molecule has 0 unspecified atom stereocenters. The van der Waals surface area contributed by atoms with Crippen molar-refractivity contribution >= 4 is 17.8 Å². The smallest absolute Gasteiger partial charge is 0.326 e. The van der Waals surface area contributed by atoms with Gasteiger partial charge in [-0.25, -0.2) is 4.79 Å². The van der Waals surface area contributed by atoms with Gasteiger partial charge in [0.25, 0.3) is 0 Å². The topological polar surface area (TPSA) is 83.9 Å². The summed E-state index contributed by atoms with van der Waals surface area (Å²) in [6.45, 7) is 1.36. The molecule has 5 atom stereocenters. The molecule has 2 bridgehead atoms. The molecule has 17 heavy (non-hydrogen) atoms. The molecule has 1 N–H and O–H groups in total. The minimum Gasteiger partial charge on any atom is -0.480 e. The average Bonchev–Trinajstić information content (AvgIpc) is 2.92. The molecule has 0 saturated carbocycles. The van der Waals surface area contributed by atoms with Crippen LogP contribution in [0.15, 0.2) is 0 Å². The van der Waals surface area contributed by atoms with E-state index in [1.54, 1.807) is 0 Å². The van der Waals surface area contributed by atoms with Gasteiger partial charge in [-0.15, -0.1) is 0 Å². The Morgan fingerprint density at radius 2 is 1.76 bits per heavy atom. The summed E-state index contributed by atoms with van der Waals surface area (Å²) in [5.41, 5.74) is 0.